The summed E-state index contributed by atoms with van der Waals surface area (Å²) in [6.07, 6.45) is 3.18. The molecular formula is C13H20BrN3. The van der Waals surface area contributed by atoms with Gasteiger partial charge in [0.15, 0.2) is 0 Å². The predicted molar refractivity (Wildman–Crippen MR) is 75.7 cm³/mol. The van der Waals surface area contributed by atoms with Gasteiger partial charge < -0.3 is 9.80 Å². The van der Waals surface area contributed by atoms with Crippen molar-refractivity contribution < 1.29 is 0 Å². The van der Waals surface area contributed by atoms with Crippen molar-refractivity contribution in [3.05, 3.63) is 23.9 Å². The molecule has 1 aromatic heterocycles. The van der Waals surface area contributed by atoms with Crippen molar-refractivity contribution in [1.29, 1.82) is 0 Å². The van der Waals surface area contributed by atoms with E-state index in [1.54, 1.807) is 0 Å². The summed E-state index contributed by atoms with van der Waals surface area (Å²) in [6, 6.07) is 4.13. The van der Waals surface area contributed by atoms with E-state index in [-0.39, 0.29) is 0 Å². The quantitative estimate of drug-likeness (QED) is 0.796. The van der Waals surface area contributed by atoms with Gasteiger partial charge in [-0.1, -0.05) is 22.0 Å². The first-order chi connectivity index (χ1) is 8.20. The number of alkyl halides is 1. The Morgan fingerprint density at radius 1 is 1.59 bits per heavy atom. The molecule has 4 heteroatoms. The molecule has 1 aromatic rings. The molecule has 1 unspecified atom stereocenters. The van der Waals surface area contributed by atoms with Gasteiger partial charge in [-0.3, -0.25) is 0 Å². The lowest BCUT2D eigenvalue weighted by molar-refractivity contribution is 0.395. The van der Waals surface area contributed by atoms with Crippen molar-refractivity contribution in [2.75, 3.05) is 38.6 Å². The topological polar surface area (TPSA) is 19.4 Å². The van der Waals surface area contributed by atoms with Crippen LogP contribution in [0.2, 0.25) is 0 Å². The normalized spacial score (nSPS) is 20.8. The average Bonchev–Trinajstić information content (AvgIpc) is 2.74. The van der Waals surface area contributed by atoms with E-state index >= 15 is 0 Å². The standard InChI is InChI=1S/C13H20BrN3/c1-16-7-5-11(9-16)10-17(2)13-12(8-14)4-3-6-15-13/h3-4,6,11H,5,7-10H2,1-2H3. The first-order valence-corrected chi connectivity index (χ1v) is 7.22. The summed E-state index contributed by atoms with van der Waals surface area (Å²) in [4.78, 5) is 9.19. The number of pyridine rings is 1. The molecule has 0 aromatic carbocycles. The van der Waals surface area contributed by atoms with Gasteiger partial charge in [-0.2, -0.15) is 0 Å². The Hall–Kier alpha value is -0.610. The van der Waals surface area contributed by atoms with Crippen molar-refractivity contribution in [2.45, 2.75) is 11.8 Å². The molecule has 2 heterocycles. The van der Waals surface area contributed by atoms with E-state index in [9.17, 15) is 0 Å². The lowest BCUT2D eigenvalue weighted by atomic mass is 10.1. The predicted octanol–water partition coefficient (Wildman–Crippen LogP) is 2.36. The lowest BCUT2D eigenvalue weighted by Gasteiger charge is -2.23. The van der Waals surface area contributed by atoms with Crippen molar-refractivity contribution in [3.8, 4) is 0 Å². The van der Waals surface area contributed by atoms with Crippen LogP contribution >= 0.6 is 15.9 Å². The monoisotopic (exact) mass is 297 g/mol. The molecule has 0 aliphatic carbocycles. The van der Waals surface area contributed by atoms with Gasteiger partial charge in [0.2, 0.25) is 0 Å². The molecule has 0 N–H and O–H groups in total. The van der Waals surface area contributed by atoms with Crippen LogP contribution in [0.25, 0.3) is 0 Å². The highest BCUT2D eigenvalue weighted by Gasteiger charge is 2.21. The van der Waals surface area contributed by atoms with E-state index in [2.05, 4.69) is 50.9 Å². The minimum atomic E-state index is 0.773. The SMILES string of the molecule is CN1CCC(CN(C)c2ncccc2CBr)C1. The summed E-state index contributed by atoms with van der Waals surface area (Å²) in [6.45, 7) is 3.54. The van der Waals surface area contributed by atoms with Crippen LogP contribution in [0.3, 0.4) is 0 Å². The first kappa shape index (κ1) is 12.8. The average molecular weight is 298 g/mol. The van der Waals surface area contributed by atoms with E-state index < -0.39 is 0 Å². The molecule has 94 valence electrons. The zero-order chi connectivity index (χ0) is 12.3. The zero-order valence-electron chi connectivity index (χ0n) is 10.6. The Balaban J connectivity index is 2.01. The van der Waals surface area contributed by atoms with Crippen molar-refractivity contribution >= 4 is 21.7 Å². The second-order valence-corrected chi connectivity index (χ2v) is 5.48. The third kappa shape index (κ3) is 3.19. The molecule has 1 fully saturated rings. The van der Waals surface area contributed by atoms with Gasteiger partial charge in [0.05, 0.1) is 0 Å². The van der Waals surface area contributed by atoms with Crippen LogP contribution in [0.4, 0.5) is 5.82 Å². The molecule has 0 saturated carbocycles. The molecule has 0 bridgehead atoms. The molecular weight excluding hydrogens is 278 g/mol. The van der Waals surface area contributed by atoms with Crippen LogP contribution < -0.4 is 4.90 Å². The van der Waals surface area contributed by atoms with E-state index in [1.165, 1.54) is 25.1 Å². The van der Waals surface area contributed by atoms with Crippen LogP contribution in [0.5, 0.6) is 0 Å². The molecule has 1 aliphatic heterocycles. The summed E-state index contributed by atoms with van der Waals surface area (Å²) >= 11 is 3.52. The number of hydrogen-bond donors (Lipinski definition) is 0. The maximum atomic E-state index is 4.49. The summed E-state index contributed by atoms with van der Waals surface area (Å²) in [7, 11) is 4.34. The molecule has 0 radical (unpaired) electrons. The largest absolute Gasteiger partial charge is 0.359 e. The number of hydrogen-bond acceptors (Lipinski definition) is 3. The van der Waals surface area contributed by atoms with Gasteiger partial charge in [0.1, 0.15) is 5.82 Å². The lowest BCUT2D eigenvalue weighted by Crippen LogP contribution is -2.28. The number of halogens is 1. The van der Waals surface area contributed by atoms with Crippen LogP contribution in [0.15, 0.2) is 18.3 Å². The molecule has 2 rings (SSSR count). The van der Waals surface area contributed by atoms with Gasteiger partial charge in [-0.05, 0) is 32.0 Å². The van der Waals surface area contributed by atoms with E-state index in [1.807, 2.05) is 12.3 Å². The second kappa shape index (κ2) is 5.83. The zero-order valence-corrected chi connectivity index (χ0v) is 12.2. The Morgan fingerprint density at radius 3 is 3.06 bits per heavy atom. The molecule has 0 spiro atoms. The van der Waals surface area contributed by atoms with Crippen molar-refractivity contribution in [2.24, 2.45) is 5.92 Å². The number of nitrogens with zero attached hydrogens (tertiary/aromatic N) is 3. The molecule has 1 atom stereocenters. The molecule has 0 amide bonds. The summed E-state index contributed by atoms with van der Waals surface area (Å²) in [5.41, 5.74) is 1.27. The third-order valence-corrected chi connectivity index (χ3v) is 4.00. The van der Waals surface area contributed by atoms with Gasteiger partial charge in [0, 0.05) is 37.2 Å². The van der Waals surface area contributed by atoms with E-state index in [0.29, 0.717) is 0 Å². The Labute approximate surface area is 112 Å². The minimum absolute atomic E-state index is 0.773. The maximum Gasteiger partial charge on any atom is 0.132 e. The molecule has 3 nitrogen and oxygen atoms in total. The van der Waals surface area contributed by atoms with Gasteiger partial charge in [-0.25, -0.2) is 4.98 Å². The van der Waals surface area contributed by atoms with Crippen LogP contribution in [0.1, 0.15) is 12.0 Å². The van der Waals surface area contributed by atoms with E-state index in [0.717, 1.165) is 23.6 Å². The van der Waals surface area contributed by atoms with Crippen LogP contribution in [-0.4, -0.2) is 43.6 Å². The highest BCUT2D eigenvalue weighted by molar-refractivity contribution is 9.08. The Kier molecular flexibility index (Phi) is 4.40. The highest BCUT2D eigenvalue weighted by atomic mass is 79.9. The summed E-state index contributed by atoms with van der Waals surface area (Å²) < 4.78 is 0. The fourth-order valence-corrected chi connectivity index (χ4v) is 2.97. The number of likely N-dealkylation sites (tertiary alicyclic amines) is 1. The molecule has 1 saturated heterocycles. The summed E-state index contributed by atoms with van der Waals surface area (Å²) in [5.74, 6) is 1.88. The Bertz CT molecular complexity index is 369. The van der Waals surface area contributed by atoms with E-state index in [4.69, 9.17) is 0 Å². The third-order valence-electron chi connectivity index (χ3n) is 3.39. The molecule has 1 aliphatic rings. The fourth-order valence-electron chi connectivity index (χ4n) is 2.53. The Morgan fingerprint density at radius 2 is 2.41 bits per heavy atom. The van der Waals surface area contributed by atoms with Crippen LogP contribution in [-0.2, 0) is 5.33 Å². The van der Waals surface area contributed by atoms with Crippen molar-refractivity contribution in [3.63, 3.8) is 0 Å². The summed E-state index contributed by atoms with van der Waals surface area (Å²) in [5, 5.41) is 0.866. The molecule has 17 heavy (non-hydrogen) atoms. The first-order valence-electron chi connectivity index (χ1n) is 6.10. The van der Waals surface area contributed by atoms with Gasteiger partial charge in [0.25, 0.3) is 0 Å². The number of rotatable bonds is 4. The smallest absolute Gasteiger partial charge is 0.132 e. The number of anilines is 1. The maximum absolute atomic E-state index is 4.49. The van der Waals surface area contributed by atoms with Crippen LogP contribution in [0, 0.1) is 5.92 Å². The van der Waals surface area contributed by atoms with Gasteiger partial charge >= 0.3 is 0 Å². The van der Waals surface area contributed by atoms with Crippen molar-refractivity contribution in [1.82, 2.24) is 9.88 Å². The van der Waals surface area contributed by atoms with Gasteiger partial charge in [-0.15, -0.1) is 0 Å². The minimum Gasteiger partial charge on any atom is -0.359 e. The second-order valence-electron chi connectivity index (χ2n) is 4.92. The highest BCUT2D eigenvalue weighted by Crippen LogP contribution is 2.22. The number of aromatic nitrogens is 1. The fraction of sp³-hybridized carbons (Fsp3) is 0.615.